The third-order valence-electron chi connectivity index (χ3n) is 3.72. The van der Waals surface area contributed by atoms with E-state index in [0.29, 0.717) is 13.2 Å². The molecule has 1 fully saturated rings. The van der Waals surface area contributed by atoms with Gasteiger partial charge in [-0.1, -0.05) is 12.1 Å². The monoisotopic (exact) mass is 416 g/mol. The lowest BCUT2D eigenvalue weighted by Crippen LogP contribution is -2.41. The van der Waals surface area contributed by atoms with Crippen molar-refractivity contribution in [2.24, 2.45) is 5.92 Å². The quantitative estimate of drug-likeness (QED) is 0.592. The summed E-state index contributed by atoms with van der Waals surface area (Å²) in [5.74, 6) is -0.140. The number of para-hydroxylation sites is 1. The van der Waals surface area contributed by atoms with E-state index in [4.69, 9.17) is 4.74 Å². The van der Waals surface area contributed by atoms with E-state index in [2.05, 4.69) is 32.8 Å². The van der Waals surface area contributed by atoms with Gasteiger partial charge in [0.25, 0.3) is 0 Å². The third kappa shape index (κ3) is 4.95. The fourth-order valence-electron chi connectivity index (χ4n) is 2.54. The summed E-state index contributed by atoms with van der Waals surface area (Å²) in [5.41, 5.74) is 0.842. The predicted octanol–water partition coefficient (Wildman–Crippen LogP) is 2.50. The first-order valence-electron chi connectivity index (χ1n) is 7.53. The molecule has 0 unspecified atom stereocenters. The number of likely N-dealkylation sites (tertiary alicyclic amines) is 1. The molecule has 1 aliphatic rings. The number of amides is 1. The molecule has 5 nitrogen and oxygen atoms in total. The highest BCUT2D eigenvalue weighted by molar-refractivity contribution is 14.1. The maximum atomic E-state index is 12.1. The molecule has 0 radical (unpaired) electrons. The average molecular weight is 416 g/mol. The van der Waals surface area contributed by atoms with Crippen molar-refractivity contribution in [2.45, 2.75) is 19.8 Å². The van der Waals surface area contributed by atoms with Crippen molar-refractivity contribution in [3.05, 3.63) is 27.8 Å². The fourth-order valence-corrected chi connectivity index (χ4v) is 3.06. The minimum Gasteiger partial charge on any atom is -0.466 e. The van der Waals surface area contributed by atoms with Crippen molar-refractivity contribution >= 4 is 40.2 Å². The maximum Gasteiger partial charge on any atom is 0.309 e. The van der Waals surface area contributed by atoms with Crippen molar-refractivity contribution in [3.8, 4) is 0 Å². The molecule has 0 atom stereocenters. The SMILES string of the molecule is CCOC(=O)C1CCN(CC(=O)Nc2ccccc2I)CC1. The van der Waals surface area contributed by atoms with E-state index in [9.17, 15) is 9.59 Å². The van der Waals surface area contributed by atoms with Gasteiger partial charge in [0.1, 0.15) is 0 Å². The second-order valence-electron chi connectivity index (χ2n) is 5.33. The minimum absolute atomic E-state index is 0.0151. The summed E-state index contributed by atoms with van der Waals surface area (Å²) in [5, 5.41) is 2.93. The van der Waals surface area contributed by atoms with Crippen LogP contribution in [0.25, 0.3) is 0 Å². The number of carbonyl (C=O) groups excluding carboxylic acids is 2. The largest absolute Gasteiger partial charge is 0.466 e. The highest BCUT2D eigenvalue weighted by Crippen LogP contribution is 2.19. The lowest BCUT2D eigenvalue weighted by Gasteiger charge is -2.30. The standard InChI is InChI=1S/C16H21IN2O3/c1-2-22-16(21)12-7-9-19(10-8-12)11-15(20)18-14-6-4-3-5-13(14)17/h3-6,12H,2,7-11H2,1H3,(H,18,20). The summed E-state index contributed by atoms with van der Waals surface area (Å²) in [6.07, 6.45) is 1.52. The number of hydrogen-bond donors (Lipinski definition) is 1. The second kappa shape index (κ2) is 8.47. The van der Waals surface area contributed by atoms with Crippen LogP contribution in [0.15, 0.2) is 24.3 Å². The van der Waals surface area contributed by atoms with Gasteiger partial charge in [0.2, 0.25) is 5.91 Å². The van der Waals surface area contributed by atoms with Crippen LogP contribution in [0, 0.1) is 9.49 Å². The Morgan fingerprint density at radius 2 is 2.00 bits per heavy atom. The normalized spacial score (nSPS) is 16.3. The number of ether oxygens (including phenoxy) is 1. The summed E-state index contributed by atoms with van der Waals surface area (Å²) in [6.45, 7) is 4.12. The zero-order valence-corrected chi connectivity index (χ0v) is 14.8. The summed E-state index contributed by atoms with van der Waals surface area (Å²) < 4.78 is 6.07. The highest BCUT2D eigenvalue weighted by Gasteiger charge is 2.26. The molecule has 0 saturated carbocycles. The summed E-state index contributed by atoms with van der Waals surface area (Å²) in [4.78, 5) is 25.9. The van der Waals surface area contributed by atoms with Crippen molar-refractivity contribution in [3.63, 3.8) is 0 Å². The third-order valence-corrected chi connectivity index (χ3v) is 4.66. The molecule has 0 aliphatic carbocycles. The van der Waals surface area contributed by atoms with Crippen molar-refractivity contribution < 1.29 is 14.3 Å². The molecule has 0 bridgehead atoms. The number of halogens is 1. The molecular weight excluding hydrogens is 395 g/mol. The van der Waals surface area contributed by atoms with Gasteiger partial charge in [0.15, 0.2) is 0 Å². The van der Waals surface area contributed by atoms with Crippen LogP contribution >= 0.6 is 22.6 Å². The molecule has 22 heavy (non-hydrogen) atoms. The van der Waals surface area contributed by atoms with Crippen molar-refractivity contribution in [1.29, 1.82) is 0 Å². The lowest BCUT2D eigenvalue weighted by atomic mass is 9.97. The van der Waals surface area contributed by atoms with Crippen LogP contribution in [0.4, 0.5) is 5.69 Å². The van der Waals surface area contributed by atoms with Crippen LogP contribution in [0.2, 0.25) is 0 Å². The van der Waals surface area contributed by atoms with Gasteiger partial charge >= 0.3 is 5.97 Å². The number of carbonyl (C=O) groups is 2. The molecule has 1 aliphatic heterocycles. The molecular formula is C16H21IN2O3. The lowest BCUT2D eigenvalue weighted by molar-refractivity contribution is -0.149. The molecule has 120 valence electrons. The highest BCUT2D eigenvalue weighted by atomic mass is 127. The summed E-state index contributed by atoms with van der Waals surface area (Å²) in [7, 11) is 0. The Morgan fingerprint density at radius 1 is 1.32 bits per heavy atom. The number of benzene rings is 1. The smallest absolute Gasteiger partial charge is 0.309 e. The molecule has 2 rings (SSSR count). The molecule has 6 heteroatoms. The van der Waals surface area contributed by atoms with Crippen LogP contribution < -0.4 is 5.32 Å². The van der Waals surface area contributed by atoms with Gasteiger partial charge in [-0.3, -0.25) is 14.5 Å². The van der Waals surface area contributed by atoms with Crippen LogP contribution in [0.1, 0.15) is 19.8 Å². The van der Waals surface area contributed by atoms with Crippen LogP contribution in [-0.4, -0.2) is 43.0 Å². The molecule has 0 aromatic heterocycles. The maximum absolute atomic E-state index is 12.1. The fraction of sp³-hybridized carbons (Fsp3) is 0.500. The number of esters is 1. The molecule has 1 amide bonds. The van der Waals surface area contributed by atoms with E-state index < -0.39 is 0 Å². The van der Waals surface area contributed by atoms with E-state index in [1.54, 1.807) is 0 Å². The zero-order valence-electron chi connectivity index (χ0n) is 12.7. The Labute approximate surface area is 144 Å². The Balaban J connectivity index is 1.77. The van der Waals surface area contributed by atoms with E-state index in [-0.39, 0.29) is 17.8 Å². The van der Waals surface area contributed by atoms with Gasteiger partial charge in [0.05, 0.1) is 24.8 Å². The van der Waals surface area contributed by atoms with E-state index >= 15 is 0 Å². The number of nitrogens with zero attached hydrogens (tertiary/aromatic N) is 1. The first-order valence-corrected chi connectivity index (χ1v) is 8.61. The summed E-state index contributed by atoms with van der Waals surface area (Å²) in [6, 6.07) is 7.70. The van der Waals surface area contributed by atoms with Gasteiger partial charge in [-0.05, 0) is 67.6 Å². The van der Waals surface area contributed by atoms with Crippen molar-refractivity contribution in [1.82, 2.24) is 4.90 Å². The number of rotatable bonds is 5. The van der Waals surface area contributed by atoms with Crippen LogP contribution in [-0.2, 0) is 14.3 Å². The van der Waals surface area contributed by atoms with Crippen LogP contribution in [0.3, 0.4) is 0 Å². The first kappa shape index (κ1) is 17.2. The van der Waals surface area contributed by atoms with Gasteiger partial charge in [-0.2, -0.15) is 0 Å². The molecule has 1 aromatic rings. The van der Waals surface area contributed by atoms with Crippen LogP contribution in [0.5, 0.6) is 0 Å². The average Bonchev–Trinajstić information content (AvgIpc) is 2.50. The summed E-state index contributed by atoms with van der Waals surface area (Å²) >= 11 is 2.20. The first-order chi connectivity index (χ1) is 10.6. The van der Waals surface area contributed by atoms with Gasteiger partial charge < -0.3 is 10.1 Å². The Bertz CT molecular complexity index is 528. The number of nitrogens with one attached hydrogen (secondary N) is 1. The minimum atomic E-state index is -0.106. The Kier molecular flexibility index (Phi) is 6.63. The predicted molar refractivity (Wildman–Crippen MR) is 93.6 cm³/mol. The molecule has 1 heterocycles. The van der Waals surface area contributed by atoms with E-state index in [1.807, 2.05) is 31.2 Å². The molecule has 1 saturated heterocycles. The van der Waals surface area contributed by atoms with Gasteiger partial charge in [0, 0.05) is 3.57 Å². The Morgan fingerprint density at radius 3 is 2.64 bits per heavy atom. The van der Waals surface area contributed by atoms with Crippen molar-refractivity contribution in [2.75, 3.05) is 31.6 Å². The molecule has 1 aromatic carbocycles. The number of hydrogen-bond acceptors (Lipinski definition) is 4. The Hall–Kier alpha value is -1.15. The van der Waals surface area contributed by atoms with Gasteiger partial charge in [-0.15, -0.1) is 0 Å². The second-order valence-corrected chi connectivity index (χ2v) is 6.49. The topological polar surface area (TPSA) is 58.6 Å². The van der Waals surface area contributed by atoms with Gasteiger partial charge in [-0.25, -0.2) is 0 Å². The zero-order chi connectivity index (χ0) is 15.9. The number of anilines is 1. The number of piperidine rings is 1. The molecule has 0 spiro atoms. The van der Waals surface area contributed by atoms with E-state index in [1.165, 1.54) is 0 Å². The van der Waals surface area contributed by atoms with E-state index in [0.717, 1.165) is 35.2 Å². The molecule has 1 N–H and O–H groups in total.